The van der Waals surface area contributed by atoms with Crippen molar-refractivity contribution in [3.8, 4) is 5.75 Å². The fourth-order valence-electron chi connectivity index (χ4n) is 2.44. The Labute approximate surface area is 143 Å². The summed E-state index contributed by atoms with van der Waals surface area (Å²) in [6.45, 7) is 1.27. The number of methoxy groups -OCH3 is 2. The molecule has 126 valence electrons. The molecule has 0 fully saturated rings. The summed E-state index contributed by atoms with van der Waals surface area (Å²) in [5, 5.41) is 0. The third kappa shape index (κ3) is 5.25. The first-order valence-corrected chi connectivity index (χ1v) is 7.78. The number of hydrogen-bond donors (Lipinski definition) is 0. The molecule has 2 aromatic rings. The minimum absolute atomic E-state index is 0.314. The van der Waals surface area contributed by atoms with E-state index in [1.54, 1.807) is 7.11 Å². The molecule has 0 amide bonds. The quantitative estimate of drug-likeness (QED) is 0.578. The van der Waals surface area contributed by atoms with Crippen molar-refractivity contribution in [3.05, 3.63) is 71.3 Å². The minimum Gasteiger partial charge on any atom is -0.497 e. The van der Waals surface area contributed by atoms with Gasteiger partial charge in [0, 0.05) is 13.1 Å². The van der Waals surface area contributed by atoms with Gasteiger partial charge in [0.1, 0.15) is 5.75 Å². The van der Waals surface area contributed by atoms with Gasteiger partial charge in [-0.05, 0) is 36.4 Å². The van der Waals surface area contributed by atoms with Gasteiger partial charge in [-0.15, -0.1) is 0 Å². The van der Waals surface area contributed by atoms with Crippen LogP contribution in [0.2, 0.25) is 0 Å². The molecule has 2 rings (SSSR count). The van der Waals surface area contributed by atoms with Gasteiger partial charge in [0.25, 0.3) is 0 Å². The largest absolute Gasteiger partial charge is 0.497 e. The summed E-state index contributed by atoms with van der Waals surface area (Å²) in [6, 6.07) is 17.7. The Hall–Kier alpha value is -2.59. The molecule has 0 N–H and O–H groups in total. The van der Waals surface area contributed by atoms with Gasteiger partial charge in [-0.2, -0.15) is 0 Å². The molecule has 0 heterocycles. The van der Waals surface area contributed by atoms with Gasteiger partial charge >= 0.3 is 5.97 Å². The Morgan fingerprint density at radius 1 is 1.04 bits per heavy atom. The highest BCUT2D eigenvalue weighted by molar-refractivity contribution is 5.94. The van der Waals surface area contributed by atoms with Gasteiger partial charge in [0.2, 0.25) is 0 Å². The summed E-state index contributed by atoms with van der Waals surface area (Å²) in [5.74, 6) is 0.471. The maximum Gasteiger partial charge on any atom is 0.335 e. The monoisotopic (exact) mass is 325 g/mol. The number of likely N-dealkylation sites (N-methyl/N-ethyl adjacent to an activating group) is 1. The van der Waals surface area contributed by atoms with Crippen LogP contribution in [-0.2, 0) is 16.1 Å². The lowest BCUT2D eigenvalue weighted by molar-refractivity contribution is -0.136. The van der Waals surface area contributed by atoms with Crippen molar-refractivity contribution in [1.29, 1.82) is 0 Å². The van der Waals surface area contributed by atoms with Crippen LogP contribution >= 0.6 is 0 Å². The molecule has 0 spiro atoms. The van der Waals surface area contributed by atoms with E-state index in [0.717, 1.165) is 17.9 Å². The highest BCUT2D eigenvalue weighted by Gasteiger charge is 2.13. The maximum absolute atomic E-state index is 12.1. The van der Waals surface area contributed by atoms with Crippen molar-refractivity contribution in [2.24, 2.45) is 0 Å². The standard InChI is InChI=1S/C20H23NO3/c1-21(14-17-7-5-4-6-8-17)15-18(20(22)24-3)13-16-9-11-19(23-2)12-10-16/h4-13H,14-15H2,1-3H3/b18-13-. The van der Waals surface area contributed by atoms with E-state index >= 15 is 0 Å². The van der Waals surface area contributed by atoms with Crippen LogP contribution in [0.25, 0.3) is 6.08 Å². The van der Waals surface area contributed by atoms with Crippen LogP contribution in [0.3, 0.4) is 0 Å². The normalized spacial score (nSPS) is 11.4. The van der Waals surface area contributed by atoms with Crippen molar-refractivity contribution in [1.82, 2.24) is 4.90 Å². The predicted molar refractivity (Wildman–Crippen MR) is 95.8 cm³/mol. The molecule has 0 saturated heterocycles. The van der Waals surface area contributed by atoms with Crippen molar-refractivity contribution < 1.29 is 14.3 Å². The Morgan fingerprint density at radius 2 is 1.71 bits per heavy atom. The number of carbonyl (C=O) groups is 1. The van der Waals surface area contributed by atoms with E-state index in [0.29, 0.717) is 12.1 Å². The van der Waals surface area contributed by atoms with Gasteiger partial charge in [0.05, 0.1) is 19.8 Å². The molecule has 2 aromatic carbocycles. The first kappa shape index (κ1) is 17.8. The topological polar surface area (TPSA) is 38.8 Å². The molecule has 4 heteroatoms. The molecule has 0 bridgehead atoms. The molecular weight excluding hydrogens is 302 g/mol. The van der Waals surface area contributed by atoms with Crippen molar-refractivity contribution in [2.45, 2.75) is 6.54 Å². The predicted octanol–water partition coefficient (Wildman–Crippen LogP) is 3.38. The lowest BCUT2D eigenvalue weighted by Gasteiger charge is -2.18. The summed E-state index contributed by atoms with van der Waals surface area (Å²) >= 11 is 0. The fraction of sp³-hybridized carbons (Fsp3) is 0.250. The molecule has 0 atom stereocenters. The molecule has 0 aromatic heterocycles. The van der Waals surface area contributed by atoms with Crippen LogP contribution in [-0.4, -0.2) is 38.7 Å². The number of hydrogen-bond acceptors (Lipinski definition) is 4. The van der Waals surface area contributed by atoms with Crippen LogP contribution in [0.4, 0.5) is 0 Å². The summed E-state index contributed by atoms with van der Waals surface area (Å²) in [4.78, 5) is 14.2. The Kier molecular flexibility index (Phi) is 6.58. The van der Waals surface area contributed by atoms with E-state index in [1.165, 1.54) is 12.7 Å². The van der Waals surface area contributed by atoms with Gasteiger partial charge in [-0.1, -0.05) is 42.5 Å². The second-order valence-electron chi connectivity index (χ2n) is 5.59. The number of rotatable bonds is 7. The zero-order chi connectivity index (χ0) is 17.4. The van der Waals surface area contributed by atoms with E-state index in [2.05, 4.69) is 17.0 Å². The zero-order valence-electron chi connectivity index (χ0n) is 14.4. The summed E-state index contributed by atoms with van der Waals surface area (Å²) in [7, 11) is 5.02. The lowest BCUT2D eigenvalue weighted by Crippen LogP contribution is -2.24. The molecule has 0 unspecified atom stereocenters. The minimum atomic E-state index is -0.314. The molecule has 0 aliphatic carbocycles. The summed E-state index contributed by atoms with van der Waals surface area (Å²) < 4.78 is 10.1. The smallest absolute Gasteiger partial charge is 0.335 e. The lowest BCUT2D eigenvalue weighted by atomic mass is 10.1. The number of benzene rings is 2. The van der Waals surface area contributed by atoms with Crippen LogP contribution in [0.1, 0.15) is 11.1 Å². The van der Waals surface area contributed by atoms with Crippen LogP contribution in [0, 0.1) is 0 Å². The number of carbonyl (C=O) groups excluding carboxylic acids is 1. The SMILES string of the molecule is COC(=O)/C(=C\c1ccc(OC)cc1)CN(C)Cc1ccccc1. The Morgan fingerprint density at radius 3 is 2.29 bits per heavy atom. The van der Waals surface area contributed by atoms with E-state index < -0.39 is 0 Å². The first-order valence-electron chi connectivity index (χ1n) is 7.78. The number of esters is 1. The molecule has 0 aliphatic rings. The molecule has 0 saturated carbocycles. The molecule has 4 nitrogen and oxygen atoms in total. The van der Waals surface area contributed by atoms with Gasteiger partial charge < -0.3 is 9.47 Å². The van der Waals surface area contributed by atoms with Crippen LogP contribution < -0.4 is 4.74 Å². The third-order valence-electron chi connectivity index (χ3n) is 3.64. The van der Waals surface area contributed by atoms with Gasteiger partial charge in [0.15, 0.2) is 0 Å². The fourth-order valence-corrected chi connectivity index (χ4v) is 2.44. The summed E-state index contributed by atoms with van der Waals surface area (Å²) in [6.07, 6.45) is 1.85. The second-order valence-corrected chi connectivity index (χ2v) is 5.59. The number of nitrogens with zero attached hydrogens (tertiary/aromatic N) is 1. The molecule has 24 heavy (non-hydrogen) atoms. The summed E-state index contributed by atoms with van der Waals surface area (Å²) in [5.41, 5.74) is 2.75. The van der Waals surface area contributed by atoms with E-state index in [9.17, 15) is 4.79 Å². The van der Waals surface area contributed by atoms with Crippen LogP contribution in [0.15, 0.2) is 60.2 Å². The van der Waals surface area contributed by atoms with Crippen molar-refractivity contribution in [2.75, 3.05) is 27.8 Å². The molecular formula is C20H23NO3. The van der Waals surface area contributed by atoms with E-state index in [4.69, 9.17) is 9.47 Å². The average molecular weight is 325 g/mol. The number of ether oxygens (including phenoxy) is 2. The Bertz CT molecular complexity index is 678. The zero-order valence-corrected chi connectivity index (χ0v) is 14.4. The maximum atomic E-state index is 12.1. The molecule has 0 aliphatic heterocycles. The highest BCUT2D eigenvalue weighted by Crippen LogP contribution is 2.15. The van der Waals surface area contributed by atoms with Crippen molar-refractivity contribution in [3.63, 3.8) is 0 Å². The third-order valence-corrected chi connectivity index (χ3v) is 3.64. The van der Waals surface area contributed by atoms with E-state index in [-0.39, 0.29) is 5.97 Å². The molecule has 0 radical (unpaired) electrons. The van der Waals surface area contributed by atoms with Gasteiger partial charge in [-0.25, -0.2) is 4.79 Å². The average Bonchev–Trinajstić information content (AvgIpc) is 2.62. The second kappa shape index (κ2) is 8.89. The first-order chi connectivity index (χ1) is 11.6. The Balaban J connectivity index is 2.12. The highest BCUT2D eigenvalue weighted by atomic mass is 16.5. The van der Waals surface area contributed by atoms with Crippen molar-refractivity contribution >= 4 is 12.0 Å². The van der Waals surface area contributed by atoms with Gasteiger partial charge in [-0.3, -0.25) is 4.90 Å². The van der Waals surface area contributed by atoms with E-state index in [1.807, 2.05) is 55.6 Å². The van der Waals surface area contributed by atoms with Crippen LogP contribution in [0.5, 0.6) is 5.75 Å².